The molecule has 0 spiro atoms. The lowest BCUT2D eigenvalue weighted by Gasteiger charge is -2.32. The first kappa shape index (κ1) is 15.2. The van der Waals surface area contributed by atoms with Gasteiger partial charge in [-0.2, -0.15) is 0 Å². The van der Waals surface area contributed by atoms with Crippen molar-refractivity contribution >= 4 is 30.1 Å². The summed E-state index contributed by atoms with van der Waals surface area (Å²) in [5.41, 5.74) is 1.48. The van der Waals surface area contributed by atoms with E-state index in [0.29, 0.717) is 5.69 Å². The average Bonchev–Trinajstić information content (AvgIpc) is 2.81. The van der Waals surface area contributed by atoms with E-state index in [2.05, 4.69) is 0 Å². The lowest BCUT2D eigenvalue weighted by atomic mass is 9.78. The predicted molar refractivity (Wildman–Crippen MR) is 84.0 cm³/mol. The molecular formula is C16H20BNO4. The van der Waals surface area contributed by atoms with E-state index in [-0.39, 0.29) is 18.2 Å². The van der Waals surface area contributed by atoms with Crippen LogP contribution in [0.3, 0.4) is 0 Å². The Hall–Kier alpha value is -1.66. The minimum Gasteiger partial charge on any atom is -0.399 e. The van der Waals surface area contributed by atoms with Crippen molar-refractivity contribution in [1.29, 1.82) is 0 Å². The van der Waals surface area contributed by atoms with E-state index >= 15 is 0 Å². The Balaban J connectivity index is 1.96. The highest BCUT2D eigenvalue weighted by molar-refractivity contribution is 6.62. The van der Waals surface area contributed by atoms with Crippen molar-refractivity contribution in [3.63, 3.8) is 0 Å². The SMILES string of the molecule is CC(=O)N1C(=O)Cc2ccc(B3OC(C)(C)C(C)(C)O3)cc21. The first-order valence-electron chi connectivity index (χ1n) is 7.44. The summed E-state index contributed by atoms with van der Waals surface area (Å²) >= 11 is 0. The zero-order valence-corrected chi connectivity index (χ0v) is 13.6. The molecule has 6 heteroatoms. The van der Waals surface area contributed by atoms with Gasteiger partial charge in [-0.05, 0) is 44.8 Å². The highest BCUT2D eigenvalue weighted by Gasteiger charge is 2.52. The summed E-state index contributed by atoms with van der Waals surface area (Å²) in [4.78, 5) is 24.9. The molecule has 0 bridgehead atoms. The second-order valence-electron chi connectivity index (χ2n) is 6.90. The van der Waals surface area contributed by atoms with Gasteiger partial charge in [0.25, 0.3) is 0 Å². The van der Waals surface area contributed by atoms with Gasteiger partial charge in [-0.25, -0.2) is 0 Å². The van der Waals surface area contributed by atoms with Crippen molar-refractivity contribution in [2.24, 2.45) is 0 Å². The zero-order valence-electron chi connectivity index (χ0n) is 13.6. The fourth-order valence-electron chi connectivity index (χ4n) is 2.79. The minimum absolute atomic E-state index is 0.187. The molecule has 0 aromatic heterocycles. The van der Waals surface area contributed by atoms with Gasteiger partial charge in [0.1, 0.15) is 0 Å². The second-order valence-corrected chi connectivity index (χ2v) is 6.90. The molecule has 1 saturated heterocycles. The van der Waals surface area contributed by atoms with Crippen LogP contribution in [0.15, 0.2) is 18.2 Å². The Labute approximate surface area is 130 Å². The Kier molecular flexibility index (Phi) is 3.24. The largest absolute Gasteiger partial charge is 0.494 e. The van der Waals surface area contributed by atoms with Crippen molar-refractivity contribution in [3.05, 3.63) is 23.8 Å². The molecule has 116 valence electrons. The van der Waals surface area contributed by atoms with Gasteiger partial charge in [0.2, 0.25) is 11.8 Å². The molecule has 2 aliphatic heterocycles. The molecule has 0 aliphatic carbocycles. The number of carbonyl (C=O) groups excluding carboxylic acids is 2. The third-order valence-electron chi connectivity index (χ3n) is 4.78. The van der Waals surface area contributed by atoms with Gasteiger partial charge >= 0.3 is 7.12 Å². The minimum atomic E-state index is -0.500. The molecular weight excluding hydrogens is 281 g/mol. The van der Waals surface area contributed by atoms with E-state index in [1.165, 1.54) is 11.8 Å². The fourth-order valence-corrected chi connectivity index (χ4v) is 2.79. The van der Waals surface area contributed by atoms with Crippen molar-refractivity contribution in [2.75, 3.05) is 4.90 Å². The average molecular weight is 301 g/mol. The van der Waals surface area contributed by atoms with Crippen molar-refractivity contribution in [3.8, 4) is 0 Å². The smallest absolute Gasteiger partial charge is 0.399 e. The number of imide groups is 1. The predicted octanol–water partition coefficient (Wildman–Crippen LogP) is 1.42. The fraction of sp³-hybridized carbons (Fsp3) is 0.500. The third-order valence-corrected chi connectivity index (χ3v) is 4.78. The van der Waals surface area contributed by atoms with Gasteiger partial charge in [-0.3, -0.25) is 14.5 Å². The maximum atomic E-state index is 12.0. The first-order chi connectivity index (χ1) is 10.1. The molecule has 0 N–H and O–H groups in total. The molecule has 2 heterocycles. The quantitative estimate of drug-likeness (QED) is 0.736. The number of nitrogens with zero attached hydrogens (tertiary/aromatic N) is 1. The van der Waals surface area contributed by atoms with Crippen molar-refractivity contribution in [1.82, 2.24) is 0 Å². The molecule has 0 saturated carbocycles. The molecule has 2 aliphatic rings. The standard InChI is InChI=1S/C16H20BNO4/c1-10(19)18-13-9-12(7-6-11(13)8-14(18)20)17-21-15(2,3)16(4,5)22-17/h6-7,9H,8H2,1-5H3. The molecule has 0 atom stereocenters. The topological polar surface area (TPSA) is 55.8 Å². The number of carbonyl (C=O) groups is 2. The Morgan fingerprint density at radius 1 is 1.18 bits per heavy atom. The Morgan fingerprint density at radius 3 is 2.32 bits per heavy atom. The maximum absolute atomic E-state index is 12.0. The van der Waals surface area contributed by atoms with Crippen LogP contribution in [0.2, 0.25) is 0 Å². The maximum Gasteiger partial charge on any atom is 0.494 e. The van der Waals surface area contributed by atoms with Crippen LogP contribution in [0.1, 0.15) is 40.2 Å². The van der Waals surface area contributed by atoms with Gasteiger partial charge in [0.15, 0.2) is 0 Å². The van der Waals surface area contributed by atoms with Crippen LogP contribution in [0, 0.1) is 0 Å². The molecule has 5 nitrogen and oxygen atoms in total. The molecule has 2 amide bonds. The summed E-state index contributed by atoms with van der Waals surface area (Å²) < 4.78 is 12.0. The van der Waals surface area contributed by atoms with E-state index in [9.17, 15) is 9.59 Å². The Morgan fingerprint density at radius 2 is 1.77 bits per heavy atom. The highest BCUT2D eigenvalue weighted by Crippen LogP contribution is 2.37. The van der Waals surface area contributed by atoms with Gasteiger partial charge in [-0.15, -0.1) is 0 Å². The van der Waals surface area contributed by atoms with E-state index in [1.807, 2.05) is 45.9 Å². The van der Waals surface area contributed by atoms with E-state index in [0.717, 1.165) is 11.0 Å². The number of rotatable bonds is 1. The highest BCUT2D eigenvalue weighted by atomic mass is 16.7. The molecule has 0 radical (unpaired) electrons. The van der Waals surface area contributed by atoms with Crippen LogP contribution in [0.5, 0.6) is 0 Å². The van der Waals surface area contributed by atoms with Crippen molar-refractivity contribution in [2.45, 2.75) is 52.2 Å². The number of hydrogen-bond donors (Lipinski definition) is 0. The summed E-state index contributed by atoms with van der Waals surface area (Å²) in [6, 6.07) is 5.60. The molecule has 3 rings (SSSR count). The number of fused-ring (bicyclic) bond motifs is 1. The van der Waals surface area contributed by atoms with E-state index < -0.39 is 18.3 Å². The number of anilines is 1. The third kappa shape index (κ3) is 2.18. The molecule has 1 fully saturated rings. The second kappa shape index (κ2) is 4.67. The van der Waals surface area contributed by atoms with Gasteiger partial charge in [0, 0.05) is 6.92 Å². The van der Waals surface area contributed by atoms with Crippen LogP contribution in [0.4, 0.5) is 5.69 Å². The normalized spacial score (nSPS) is 22.1. The Bertz CT molecular complexity index is 652. The summed E-state index contributed by atoms with van der Waals surface area (Å²) in [6.45, 7) is 9.36. The summed E-state index contributed by atoms with van der Waals surface area (Å²) in [7, 11) is -0.500. The van der Waals surface area contributed by atoms with Crippen LogP contribution in [0.25, 0.3) is 0 Å². The number of benzene rings is 1. The van der Waals surface area contributed by atoms with E-state index in [1.54, 1.807) is 0 Å². The van der Waals surface area contributed by atoms with Gasteiger partial charge in [0.05, 0.1) is 23.3 Å². The van der Waals surface area contributed by atoms with Gasteiger partial charge < -0.3 is 9.31 Å². The molecule has 1 aromatic rings. The lowest BCUT2D eigenvalue weighted by molar-refractivity contribution is -0.124. The first-order valence-corrected chi connectivity index (χ1v) is 7.44. The zero-order chi connectivity index (χ0) is 16.3. The van der Waals surface area contributed by atoms with Gasteiger partial charge in [-0.1, -0.05) is 12.1 Å². The molecule has 1 aromatic carbocycles. The van der Waals surface area contributed by atoms with Crippen LogP contribution >= 0.6 is 0 Å². The summed E-state index contributed by atoms with van der Waals surface area (Å²) in [5.74, 6) is -0.455. The molecule has 0 unspecified atom stereocenters. The monoisotopic (exact) mass is 301 g/mol. The van der Waals surface area contributed by atoms with E-state index in [4.69, 9.17) is 9.31 Å². The van der Waals surface area contributed by atoms with Crippen molar-refractivity contribution < 1.29 is 18.9 Å². The van der Waals surface area contributed by atoms with Crippen LogP contribution in [-0.4, -0.2) is 30.1 Å². The summed E-state index contributed by atoms with van der Waals surface area (Å²) in [6.07, 6.45) is 0.262. The summed E-state index contributed by atoms with van der Waals surface area (Å²) in [5, 5.41) is 0. The number of amides is 2. The van der Waals surface area contributed by atoms with Crippen LogP contribution in [-0.2, 0) is 25.3 Å². The lowest BCUT2D eigenvalue weighted by Crippen LogP contribution is -2.41. The van der Waals surface area contributed by atoms with Crippen LogP contribution < -0.4 is 10.4 Å². The molecule has 22 heavy (non-hydrogen) atoms. The number of hydrogen-bond acceptors (Lipinski definition) is 4.